The molecule has 1 aliphatic heterocycles. The second-order valence-corrected chi connectivity index (χ2v) is 8.23. The van der Waals surface area contributed by atoms with E-state index in [1.807, 2.05) is 6.07 Å². The third-order valence-corrected chi connectivity index (χ3v) is 5.70. The SMILES string of the molecule is N#Cc1cc(C(=N)c2cc(OCc3c(Cl)cncc3Cl)ccc2N)cnc1N1CC(F)(F)C1. The molecular weight excluding hydrogens is 473 g/mol. The van der Waals surface area contributed by atoms with Crippen molar-refractivity contribution in [1.82, 2.24) is 9.97 Å². The smallest absolute Gasteiger partial charge is 0.282 e. The van der Waals surface area contributed by atoms with E-state index in [1.165, 1.54) is 29.6 Å². The van der Waals surface area contributed by atoms with Gasteiger partial charge in [-0.15, -0.1) is 0 Å². The van der Waals surface area contributed by atoms with Crippen LogP contribution in [0.4, 0.5) is 20.3 Å². The topological polar surface area (TPSA) is 112 Å². The number of pyridine rings is 2. The van der Waals surface area contributed by atoms with Gasteiger partial charge >= 0.3 is 0 Å². The van der Waals surface area contributed by atoms with Crippen molar-refractivity contribution in [2.24, 2.45) is 0 Å². The van der Waals surface area contributed by atoms with Gasteiger partial charge in [0.15, 0.2) is 0 Å². The van der Waals surface area contributed by atoms with Crippen LogP contribution in [0.1, 0.15) is 22.3 Å². The molecule has 3 N–H and O–H groups in total. The number of nitriles is 1. The molecule has 33 heavy (non-hydrogen) atoms. The highest BCUT2D eigenvalue weighted by atomic mass is 35.5. The van der Waals surface area contributed by atoms with Crippen molar-refractivity contribution in [1.29, 1.82) is 10.7 Å². The van der Waals surface area contributed by atoms with Gasteiger partial charge in [0.25, 0.3) is 5.92 Å². The Bertz CT molecular complexity index is 1270. The average molecular weight is 489 g/mol. The summed E-state index contributed by atoms with van der Waals surface area (Å²) in [6.45, 7) is -0.918. The third-order valence-electron chi connectivity index (χ3n) is 5.05. The first-order valence-corrected chi connectivity index (χ1v) is 10.4. The minimum atomic E-state index is -2.79. The molecule has 0 saturated carbocycles. The Labute approximate surface area is 197 Å². The van der Waals surface area contributed by atoms with Crippen molar-refractivity contribution in [3.8, 4) is 11.8 Å². The van der Waals surface area contributed by atoms with Crippen LogP contribution in [0.15, 0.2) is 42.9 Å². The Kier molecular flexibility index (Phi) is 6.06. The summed E-state index contributed by atoms with van der Waals surface area (Å²) in [5.41, 5.74) is 7.72. The number of hydrogen-bond acceptors (Lipinski definition) is 7. The van der Waals surface area contributed by atoms with Gasteiger partial charge in [0, 0.05) is 41.0 Å². The molecule has 0 amide bonds. The zero-order valence-electron chi connectivity index (χ0n) is 16.9. The van der Waals surface area contributed by atoms with Gasteiger partial charge in [0.2, 0.25) is 0 Å². The number of aromatic nitrogens is 2. The molecule has 3 heterocycles. The summed E-state index contributed by atoms with van der Waals surface area (Å²) in [5, 5.41) is 18.8. The van der Waals surface area contributed by atoms with Gasteiger partial charge in [-0.3, -0.25) is 10.4 Å². The summed E-state index contributed by atoms with van der Waals surface area (Å²) in [7, 11) is 0. The Balaban J connectivity index is 1.56. The van der Waals surface area contributed by atoms with E-state index < -0.39 is 19.0 Å². The fraction of sp³-hybridized carbons (Fsp3) is 0.182. The van der Waals surface area contributed by atoms with Crippen molar-refractivity contribution >= 4 is 40.4 Å². The van der Waals surface area contributed by atoms with Crippen molar-refractivity contribution < 1.29 is 13.5 Å². The molecule has 3 aromatic rings. The van der Waals surface area contributed by atoms with Gasteiger partial charge in [-0.25, -0.2) is 13.8 Å². The molecule has 4 rings (SSSR count). The molecule has 1 fully saturated rings. The van der Waals surface area contributed by atoms with Crippen molar-refractivity contribution in [2.45, 2.75) is 12.5 Å². The van der Waals surface area contributed by atoms with Crippen LogP contribution in [0.2, 0.25) is 10.0 Å². The fourth-order valence-electron chi connectivity index (χ4n) is 3.32. The van der Waals surface area contributed by atoms with Gasteiger partial charge < -0.3 is 15.4 Å². The summed E-state index contributed by atoms with van der Waals surface area (Å²) in [5.74, 6) is -2.21. The Morgan fingerprint density at radius 3 is 2.55 bits per heavy atom. The highest BCUT2D eigenvalue weighted by Gasteiger charge is 2.45. The normalized spacial score (nSPS) is 14.3. The first-order chi connectivity index (χ1) is 15.7. The number of rotatable bonds is 6. The third kappa shape index (κ3) is 4.67. The van der Waals surface area contributed by atoms with Crippen LogP contribution >= 0.6 is 23.2 Å². The monoisotopic (exact) mass is 488 g/mol. The molecule has 168 valence electrons. The maximum absolute atomic E-state index is 13.2. The molecule has 2 aromatic heterocycles. The van der Waals surface area contributed by atoms with Crippen molar-refractivity contribution in [3.63, 3.8) is 0 Å². The number of anilines is 2. The predicted octanol–water partition coefficient (Wildman–Crippen LogP) is 4.69. The number of benzene rings is 1. The van der Waals surface area contributed by atoms with Crippen LogP contribution in [0.5, 0.6) is 5.75 Å². The maximum atomic E-state index is 13.2. The van der Waals surface area contributed by atoms with E-state index in [-0.39, 0.29) is 23.7 Å². The van der Waals surface area contributed by atoms with E-state index in [2.05, 4.69) is 9.97 Å². The zero-order valence-corrected chi connectivity index (χ0v) is 18.5. The van der Waals surface area contributed by atoms with Crippen LogP contribution in [0.25, 0.3) is 0 Å². The lowest BCUT2D eigenvalue weighted by atomic mass is 10.00. The molecule has 0 bridgehead atoms. The highest BCUT2D eigenvalue weighted by molar-refractivity contribution is 6.35. The summed E-state index contributed by atoms with van der Waals surface area (Å²) in [6.07, 6.45) is 4.28. The number of nitrogens with zero attached hydrogens (tertiary/aromatic N) is 4. The maximum Gasteiger partial charge on any atom is 0.282 e. The lowest BCUT2D eigenvalue weighted by molar-refractivity contribution is -0.0267. The molecule has 0 spiro atoms. The molecule has 0 atom stereocenters. The standard InChI is InChI=1S/C22H16Cl2F2N6O/c23-17-7-30-8-18(24)16(17)9-33-14-1-2-19(28)15(4-14)20(29)13-3-12(5-27)21(31-6-13)32-10-22(25,26)11-32/h1-4,6-8,29H,9-11,28H2. The predicted molar refractivity (Wildman–Crippen MR) is 121 cm³/mol. The van der Waals surface area contributed by atoms with Gasteiger partial charge in [0.05, 0.1) is 34.4 Å². The second kappa shape index (κ2) is 8.81. The zero-order chi connectivity index (χ0) is 23.8. The minimum absolute atomic E-state index is 0.00224. The van der Waals surface area contributed by atoms with Crippen LogP contribution in [0.3, 0.4) is 0 Å². The molecule has 0 radical (unpaired) electrons. The largest absolute Gasteiger partial charge is 0.489 e. The van der Waals surface area contributed by atoms with Gasteiger partial charge in [-0.2, -0.15) is 5.26 Å². The fourth-order valence-corrected chi connectivity index (χ4v) is 3.79. The molecule has 0 aliphatic carbocycles. The van der Waals surface area contributed by atoms with Crippen LogP contribution in [-0.2, 0) is 6.61 Å². The number of nitrogen functional groups attached to an aromatic ring is 1. The number of nitrogens with one attached hydrogen (secondary N) is 1. The molecule has 1 saturated heterocycles. The van der Waals surface area contributed by atoms with Crippen LogP contribution in [-0.4, -0.2) is 34.7 Å². The number of nitrogens with two attached hydrogens (primary N) is 1. The lowest BCUT2D eigenvalue weighted by Gasteiger charge is -2.39. The summed E-state index contributed by atoms with van der Waals surface area (Å²) in [4.78, 5) is 9.37. The van der Waals surface area contributed by atoms with Gasteiger partial charge in [0.1, 0.15) is 24.2 Å². The number of halogens is 4. The molecule has 1 aromatic carbocycles. The van der Waals surface area contributed by atoms with E-state index in [1.54, 1.807) is 18.2 Å². The summed E-state index contributed by atoms with van der Waals surface area (Å²) < 4.78 is 32.2. The second-order valence-electron chi connectivity index (χ2n) is 7.41. The number of alkyl halides is 2. The van der Waals surface area contributed by atoms with Crippen molar-refractivity contribution in [2.75, 3.05) is 23.7 Å². The van der Waals surface area contributed by atoms with Crippen LogP contribution < -0.4 is 15.4 Å². The Hall–Kier alpha value is -3.48. The highest BCUT2D eigenvalue weighted by Crippen LogP contribution is 2.33. The molecule has 0 unspecified atom stereocenters. The first kappa shape index (κ1) is 22.7. The van der Waals surface area contributed by atoms with Gasteiger partial charge in [-0.1, -0.05) is 23.2 Å². The van der Waals surface area contributed by atoms with E-state index in [0.717, 1.165) is 0 Å². The Morgan fingerprint density at radius 1 is 1.21 bits per heavy atom. The average Bonchev–Trinajstić information content (AvgIpc) is 2.77. The number of ether oxygens (including phenoxy) is 1. The molecule has 7 nitrogen and oxygen atoms in total. The van der Waals surface area contributed by atoms with Crippen LogP contribution in [0, 0.1) is 16.7 Å². The molecule has 1 aliphatic rings. The molecule has 11 heteroatoms. The Morgan fingerprint density at radius 2 is 1.91 bits per heavy atom. The number of hydrogen-bond donors (Lipinski definition) is 2. The molecular formula is C22H16Cl2F2N6O. The van der Waals surface area contributed by atoms with E-state index in [0.29, 0.717) is 38.2 Å². The van der Waals surface area contributed by atoms with E-state index in [4.69, 9.17) is 39.1 Å². The van der Waals surface area contributed by atoms with E-state index >= 15 is 0 Å². The first-order valence-electron chi connectivity index (χ1n) is 9.61. The lowest BCUT2D eigenvalue weighted by Crippen LogP contribution is -2.56. The van der Waals surface area contributed by atoms with Gasteiger partial charge in [-0.05, 0) is 24.3 Å². The quantitative estimate of drug-likeness (QED) is 0.384. The summed E-state index contributed by atoms with van der Waals surface area (Å²) in [6, 6.07) is 8.20. The van der Waals surface area contributed by atoms with E-state index in [9.17, 15) is 14.0 Å². The van der Waals surface area contributed by atoms with Crippen molar-refractivity contribution in [3.05, 3.63) is 75.2 Å². The summed E-state index contributed by atoms with van der Waals surface area (Å²) >= 11 is 12.2. The minimum Gasteiger partial charge on any atom is -0.489 e.